The maximum absolute atomic E-state index is 5.62. The third-order valence-electron chi connectivity index (χ3n) is 3.67. The Morgan fingerprint density at radius 3 is 2.81 bits per heavy atom. The average Bonchev–Trinajstić information content (AvgIpc) is 2.97. The van der Waals surface area contributed by atoms with Gasteiger partial charge in [0.1, 0.15) is 5.75 Å². The molecule has 1 aromatic heterocycles. The zero-order chi connectivity index (χ0) is 13.8. The van der Waals surface area contributed by atoms with Gasteiger partial charge >= 0.3 is 0 Å². The third kappa shape index (κ3) is 3.74. The van der Waals surface area contributed by atoms with Crippen molar-refractivity contribution in [2.45, 2.75) is 38.3 Å². The molecule has 1 aromatic carbocycles. The summed E-state index contributed by atoms with van der Waals surface area (Å²) < 4.78 is 11.0. The van der Waals surface area contributed by atoms with E-state index in [0.717, 1.165) is 18.7 Å². The maximum Gasteiger partial charge on any atom is 0.246 e. The standard InChI is InChI=1S/C15H19N3O2.ClH/c1-15(9-5-6-10-16-15)14-17-13(18-20-14)11-19-12-7-3-2-4-8-12;/h2-4,7-8,16H,5-6,9-11H2,1H3;1H. The van der Waals surface area contributed by atoms with Gasteiger partial charge in [0, 0.05) is 0 Å². The van der Waals surface area contributed by atoms with E-state index in [-0.39, 0.29) is 17.9 Å². The lowest BCUT2D eigenvalue weighted by molar-refractivity contribution is 0.205. The number of rotatable bonds is 4. The minimum atomic E-state index is -0.198. The Morgan fingerprint density at radius 1 is 1.29 bits per heavy atom. The van der Waals surface area contributed by atoms with Crippen LogP contribution in [0.15, 0.2) is 34.9 Å². The van der Waals surface area contributed by atoms with Gasteiger partial charge in [-0.3, -0.25) is 0 Å². The van der Waals surface area contributed by atoms with Crippen LogP contribution in [0.4, 0.5) is 0 Å². The summed E-state index contributed by atoms with van der Waals surface area (Å²) in [6, 6.07) is 9.64. The molecule has 114 valence electrons. The Morgan fingerprint density at radius 2 is 2.10 bits per heavy atom. The highest BCUT2D eigenvalue weighted by atomic mass is 35.5. The second kappa shape index (κ2) is 6.91. The number of nitrogens with one attached hydrogen (secondary N) is 1. The highest BCUT2D eigenvalue weighted by molar-refractivity contribution is 5.85. The Bertz CT molecular complexity index is 553. The summed E-state index contributed by atoms with van der Waals surface area (Å²) in [5.74, 6) is 2.04. The summed E-state index contributed by atoms with van der Waals surface area (Å²) >= 11 is 0. The lowest BCUT2D eigenvalue weighted by atomic mass is 9.91. The zero-order valence-corrected chi connectivity index (χ0v) is 12.9. The monoisotopic (exact) mass is 309 g/mol. The SMILES string of the molecule is CC1(c2nc(COc3ccccc3)no2)CCCCN1.Cl. The molecule has 1 atom stereocenters. The van der Waals surface area contributed by atoms with E-state index in [9.17, 15) is 0 Å². The molecule has 2 aromatic rings. The number of nitrogens with zero attached hydrogens (tertiary/aromatic N) is 2. The number of benzene rings is 1. The minimum absolute atomic E-state index is 0. The largest absolute Gasteiger partial charge is 0.485 e. The Hall–Kier alpha value is -1.59. The van der Waals surface area contributed by atoms with E-state index in [2.05, 4.69) is 22.4 Å². The molecule has 2 heterocycles. The van der Waals surface area contributed by atoms with Crippen LogP contribution in [0, 0.1) is 0 Å². The molecule has 1 aliphatic heterocycles. The van der Waals surface area contributed by atoms with Crippen molar-refractivity contribution in [2.75, 3.05) is 6.54 Å². The highest BCUT2D eigenvalue weighted by Gasteiger charge is 2.34. The molecule has 0 radical (unpaired) electrons. The first kappa shape index (κ1) is 15.8. The fourth-order valence-corrected chi connectivity index (χ4v) is 2.44. The molecule has 0 spiro atoms. The minimum Gasteiger partial charge on any atom is -0.485 e. The van der Waals surface area contributed by atoms with Crippen molar-refractivity contribution in [2.24, 2.45) is 0 Å². The van der Waals surface area contributed by atoms with Crippen LogP contribution in [0.3, 0.4) is 0 Å². The number of aromatic nitrogens is 2. The van der Waals surface area contributed by atoms with Crippen molar-refractivity contribution in [3.05, 3.63) is 42.0 Å². The number of halogens is 1. The quantitative estimate of drug-likeness (QED) is 0.940. The van der Waals surface area contributed by atoms with Gasteiger partial charge in [-0.15, -0.1) is 12.4 Å². The second-order valence-corrected chi connectivity index (χ2v) is 5.33. The van der Waals surface area contributed by atoms with Gasteiger partial charge in [0.25, 0.3) is 0 Å². The van der Waals surface area contributed by atoms with Crippen molar-refractivity contribution >= 4 is 12.4 Å². The van der Waals surface area contributed by atoms with Crippen molar-refractivity contribution < 1.29 is 9.26 Å². The van der Waals surface area contributed by atoms with E-state index in [1.807, 2.05) is 30.3 Å². The summed E-state index contributed by atoms with van der Waals surface area (Å²) in [6.45, 7) is 3.43. The van der Waals surface area contributed by atoms with Gasteiger partial charge < -0.3 is 14.6 Å². The second-order valence-electron chi connectivity index (χ2n) is 5.33. The molecule has 0 aliphatic carbocycles. The molecule has 6 heteroatoms. The third-order valence-corrected chi connectivity index (χ3v) is 3.67. The van der Waals surface area contributed by atoms with Crippen LogP contribution in [0.25, 0.3) is 0 Å². The number of ether oxygens (including phenoxy) is 1. The smallest absolute Gasteiger partial charge is 0.246 e. The predicted octanol–water partition coefficient (Wildman–Crippen LogP) is 3.06. The zero-order valence-electron chi connectivity index (χ0n) is 12.0. The molecule has 0 amide bonds. The molecule has 21 heavy (non-hydrogen) atoms. The van der Waals surface area contributed by atoms with Gasteiger partial charge in [0.05, 0.1) is 5.54 Å². The molecule has 1 unspecified atom stereocenters. The highest BCUT2D eigenvalue weighted by Crippen LogP contribution is 2.28. The molecular weight excluding hydrogens is 290 g/mol. The van der Waals surface area contributed by atoms with Crippen LogP contribution in [-0.2, 0) is 12.1 Å². The summed E-state index contributed by atoms with van der Waals surface area (Å²) in [4.78, 5) is 4.46. The Labute approximate surface area is 130 Å². The number of piperidine rings is 1. The molecule has 5 nitrogen and oxygen atoms in total. The number of hydrogen-bond acceptors (Lipinski definition) is 5. The maximum atomic E-state index is 5.62. The van der Waals surface area contributed by atoms with Crippen LogP contribution < -0.4 is 10.1 Å². The van der Waals surface area contributed by atoms with Gasteiger partial charge in [0.2, 0.25) is 11.7 Å². The molecule has 1 aliphatic rings. The van der Waals surface area contributed by atoms with E-state index in [0.29, 0.717) is 18.3 Å². The van der Waals surface area contributed by atoms with Crippen LogP contribution in [0.1, 0.15) is 37.9 Å². The lowest BCUT2D eigenvalue weighted by Gasteiger charge is -2.31. The van der Waals surface area contributed by atoms with Crippen molar-refractivity contribution in [3.8, 4) is 5.75 Å². The van der Waals surface area contributed by atoms with Crippen LogP contribution in [-0.4, -0.2) is 16.7 Å². The van der Waals surface area contributed by atoms with Gasteiger partial charge in [-0.25, -0.2) is 0 Å². The molecule has 0 saturated carbocycles. The number of para-hydroxylation sites is 1. The Balaban J connectivity index is 0.00000161. The van der Waals surface area contributed by atoms with E-state index < -0.39 is 0 Å². The van der Waals surface area contributed by atoms with Crippen LogP contribution >= 0.6 is 12.4 Å². The van der Waals surface area contributed by atoms with Crippen molar-refractivity contribution in [3.63, 3.8) is 0 Å². The summed E-state index contributed by atoms with van der Waals surface area (Å²) in [5, 5.41) is 7.46. The Kier molecular flexibility index (Phi) is 5.20. The molecule has 1 saturated heterocycles. The summed E-state index contributed by atoms with van der Waals surface area (Å²) in [6.07, 6.45) is 3.41. The van der Waals surface area contributed by atoms with Gasteiger partial charge in [-0.1, -0.05) is 23.4 Å². The molecule has 3 rings (SSSR count). The predicted molar refractivity (Wildman–Crippen MR) is 81.5 cm³/mol. The summed E-state index contributed by atoms with van der Waals surface area (Å²) in [5.41, 5.74) is -0.198. The van der Waals surface area contributed by atoms with Crippen LogP contribution in [0.2, 0.25) is 0 Å². The molecule has 1 fully saturated rings. The fourth-order valence-electron chi connectivity index (χ4n) is 2.44. The van der Waals surface area contributed by atoms with Gasteiger partial charge in [-0.05, 0) is 44.9 Å². The van der Waals surface area contributed by atoms with E-state index in [1.165, 1.54) is 12.8 Å². The molecule has 0 bridgehead atoms. The fraction of sp³-hybridized carbons (Fsp3) is 0.467. The van der Waals surface area contributed by atoms with E-state index in [4.69, 9.17) is 9.26 Å². The van der Waals surface area contributed by atoms with Crippen LogP contribution in [0.5, 0.6) is 5.75 Å². The van der Waals surface area contributed by atoms with Crippen molar-refractivity contribution in [1.82, 2.24) is 15.5 Å². The molecular formula is C15H20ClN3O2. The van der Waals surface area contributed by atoms with Crippen molar-refractivity contribution in [1.29, 1.82) is 0 Å². The summed E-state index contributed by atoms with van der Waals surface area (Å²) in [7, 11) is 0. The van der Waals surface area contributed by atoms with Gasteiger partial charge in [-0.2, -0.15) is 4.98 Å². The van der Waals surface area contributed by atoms with Gasteiger partial charge in [0.15, 0.2) is 6.61 Å². The first-order valence-corrected chi connectivity index (χ1v) is 7.02. The topological polar surface area (TPSA) is 60.2 Å². The molecule has 1 N–H and O–H groups in total. The average molecular weight is 310 g/mol. The first-order chi connectivity index (χ1) is 9.76. The number of hydrogen-bond donors (Lipinski definition) is 1. The lowest BCUT2D eigenvalue weighted by Crippen LogP contribution is -2.43. The van der Waals surface area contributed by atoms with E-state index >= 15 is 0 Å². The first-order valence-electron chi connectivity index (χ1n) is 7.02. The van der Waals surface area contributed by atoms with E-state index in [1.54, 1.807) is 0 Å². The normalized spacial score (nSPS) is 21.6.